The minimum absolute atomic E-state index is 0.120. The monoisotopic (exact) mass is 464 g/mol. The van der Waals surface area contributed by atoms with Gasteiger partial charge in [0.05, 0.1) is 0 Å². The molecule has 0 aromatic heterocycles. The molecule has 2 aliphatic carbocycles. The standard InChI is InChI=1S/C25H34Cl2N2O2/c26-18-23(30)29(17-16-19-8-4-3-5-9-19)24(20-12-14-21(27)15-13-20)25(31)28-22-10-6-1-2-7-11-22/h8,12-15,22,24H,1-7,9-11,16-18H2,(H,28,31). The molecular weight excluding hydrogens is 431 g/mol. The van der Waals surface area contributed by atoms with E-state index in [-0.39, 0.29) is 23.7 Å². The van der Waals surface area contributed by atoms with Gasteiger partial charge in [0.1, 0.15) is 11.9 Å². The lowest BCUT2D eigenvalue weighted by Gasteiger charge is -2.33. The molecule has 0 saturated heterocycles. The van der Waals surface area contributed by atoms with Gasteiger partial charge in [0.15, 0.2) is 0 Å². The maximum Gasteiger partial charge on any atom is 0.247 e. The number of nitrogens with zero attached hydrogens (tertiary/aromatic N) is 1. The van der Waals surface area contributed by atoms with E-state index in [0.717, 1.165) is 50.5 Å². The third-order valence-electron chi connectivity index (χ3n) is 6.44. The number of nitrogens with one attached hydrogen (secondary N) is 1. The second-order valence-corrected chi connectivity index (χ2v) is 9.43. The Morgan fingerprint density at radius 1 is 1.03 bits per heavy atom. The second kappa shape index (κ2) is 12.5. The Morgan fingerprint density at radius 2 is 1.74 bits per heavy atom. The van der Waals surface area contributed by atoms with Crippen LogP contribution in [0, 0.1) is 0 Å². The van der Waals surface area contributed by atoms with Gasteiger partial charge in [0.2, 0.25) is 11.8 Å². The molecule has 0 aliphatic heterocycles. The minimum Gasteiger partial charge on any atom is -0.351 e. The first-order valence-corrected chi connectivity index (χ1v) is 12.6. The Bertz CT molecular complexity index is 755. The van der Waals surface area contributed by atoms with Crippen LogP contribution in [0.3, 0.4) is 0 Å². The first kappa shape index (κ1) is 24.1. The first-order valence-electron chi connectivity index (χ1n) is 11.7. The first-order chi connectivity index (χ1) is 15.1. The minimum atomic E-state index is -0.698. The molecule has 170 valence electrons. The summed E-state index contributed by atoms with van der Waals surface area (Å²) < 4.78 is 0. The van der Waals surface area contributed by atoms with Crippen molar-refractivity contribution in [1.82, 2.24) is 10.2 Å². The quantitative estimate of drug-likeness (QED) is 0.283. The largest absolute Gasteiger partial charge is 0.351 e. The SMILES string of the molecule is O=C(NC1CCCCCC1)C(c1ccc(Cl)cc1)N(CCC1=CCCCC1)C(=O)CCl. The topological polar surface area (TPSA) is 49.4 Å². The molecule has 1 aromatic carbocycles. The summed E-state index contributed by atoms with van der Waals surface area (Å²) in [5.41, 5.74) is 2.14. The van der Waals surface area contributed by atoms with Crippen molar-refractivity contribution in [2.45, 2.75) is 82.7 Å². The number of allylic oxidation sites excluding steroid dienone is 1. The van der Waals surface area contributed by atoms with Crippen LogP contribution in [0.5, 0.6) is 0 Å². The third-order valence-corrected chi connectivity index (χ3v) is 6.92. The van der Waals surface area contributed by atoms with Gasteiger partial charge < -0.3 is 10.2 Å². The highest BCUT2D eigenvalue weighted by molar-refractivity contribution is 6.30. The number of alkyl halides is 1. The molecule has 0 bridgehead atoms. The highest BCUT2D eigenvalue weighted by Gasteiger charge is 2.32. The molecule has 0 spiro atoms. The van der Waals surface area contributed by atoms with Crippen LogP contribution in [0.25, 0.3) is 0 Å². The Labute approximate surface area is 196 Å². The summed E-state index contributed by atoms with van der Waals surface area (Å²) in [4.78, 5) is 28.1. The molecule has 1 fully saturated rings. The number of benzene rings is 1. The second-order valence-electron chi connectivity index (χ2n) is 8.73. The van der Waals surface area contributed by atoms with E-state index in [1.807, 2.05) is 12.1 Å². The molecule has 1 N–H and O–H groups in total. The lowest BCUT2D eigenvalue weighted by atomic mass is 9.96. The van der Waals surface area contributed by atoms with Gasteiger partial charge in [0, 0.05) is 17.6 Å². The summed E-state index contributed by atoms with van der Waals surface area (Å²) in [5.74, 6) is -0.473. The lowest BCUT2D eigenvalue weighted by Crippen LogP contribution is -2.47. The molecule has 0 radical (unpaired) electrons. The summed E-state index contributed by atoms with van der Waals surface area (Å²) in [7, 11) is 0. The van der Waals surface area contributed by atoms with Crippen LogP contribution >= 0.6 is 23.2 Å². The van der Waals surface area contributed by atoms with Gasteiger partial charge in [-0.2, -0.15) is 0 Å². The van der Waals surface area contributed by atoms with Crippen molar-refractivity contribution < 1.29 is 9.59 Å². The van der Waals surface area contributed by atoms with Crippen LogP contribution in [0.2, 0.25) is 5.02 Å². The summed E-state index contributed by atoms with van der Waals surface area (Å²) in [6.07, 6.45) is 14.4. The van der Waals surface area contributed by atoms with Crippen molar-refractivity contribution in [2.75, 3.05) is 12.4 Å². The number of halogens is 2. The Balaban J connectivity index is 1.83. The van der Waals surface area contributed by atoms with E-state index in [2.05, 4.69) is 11.4 Å². The fraction of sp³-hybridized carbons (Fsp3) is 0.600. The van der Waals surface area contributed by atoms with E-state index in [9.17, 15) is 9.59 Å². The predicted molar refractivity (Wildman–Crippen MR) is 127 cm³/mol. The highest BCUT2D eigenvalue weighted by Crippen LogP contribution is 2.27. The van der Waals surface area contributed by atoms with Gasteiger partial charge in [0.25, 0.3) is 0 Å². The number of hydrogen-bond donors (Lipinski definition) is 1. The van der Waals surface area contributed by atoms with E-state index in [1.165, 1.54) is 31.3 Å². The summed E-state index contributed by atoms with van der Waals surface area (Å²) in [5, 5.41) is 3.85. The van der Waals surface area contributed by atoms with Gasteiger partial charge in [-0.1, -0.05) is 61.1 Å². The smallest absolute Gasteiger partial charge is 0.247 e. The van der Waals surface area contributed by atoms with Gasteiger partial charge >= 0.3 is 0 Å². The van der Waals surface area contributed by atoms with Gasteiger partial charge in [-0.05, 0) is 62.6 Å². The average molecular weight is 465 g/mol. The third kappa shape index (κ3) is 7.25. The molecule has 4 nitrogen and oxygen atoms in total. The van der Waals surface area contributed by atoms with E-state index < -0.39 is 6.04 Å². The van der Waals surface area contributed by atoms with Crippen LogP contribution in [0.1, 0.15) is 82.2 Å². The van der Waals surface area contributed by atoms with Crippen molar-refractivity contribution in [3.05, 3.63) is 46.5 Å². The zero-order valence-electron chi connectivity index (χ0n) is 18.3. The number of amides is 2. The Morgan fingerprint density at radius 3 is 2.35 bits per heavy atom. The molecule has 1 atom stereocenters. The highest BCUT2D eigenvalue weighted by atomic mass is 35.5. The van der Waals surface area contributed by atoms with Crippen LogP contribution in [-0.4, -0.2) is 35.2 Å². The van der Waals surface area contributed by atoms with Gasteiger partial charge in [-0.25, -0.2) is 0 Å². The van der Waals surface area contributed by atoms with Gasteiger partial charge in [-0.15, -0.1) is 11.6 Å². The molecule has 6 heteroatoms. The van der Waals surface area contributed by atoms with Crippen molar-refractivity contribution in [3.63, 3.8) is 0 Å². The number of hydrogen-bond acceptors (Lipinski definition) is 2. The normalized spacial score (nSPS) is 18.6. The van der Waals surface area contributed by atoms with Crippen LogP contribution in [0.4, 0.5) is 0 Å². The Kier molecular flexibility index (Phi) is 9.73. The van der Waals surface area contributed by atoms with Crippen molar-refractivity contribution >= 4 is 35.0 Å². The van der Waals surface area contributed by atoms with E-state index >= 15 is 0 Å². The molecule has 0 heterocycles. The maximum absolute atomic E-state index is 13.5. The van der Waals surface area contributed by atoms with Crippen molar-refractivity contribution in [1.29, 1.82) is 0 Å². The molecule has 2 aliphatic rings. The average Bonchev–Trinajstić information content (AvgIpc) is 3.06. The number of rotatable bonds is 8. The molecule has 3 rings (SSSR count). The fourth-order valence-electron chi connectivity index (χ4n) is 4.69. The van der Waals surface area contributed by atoms with E-state index in [1.54, 1.807) is 17.0 Å². The molecule has 2 amide bonds. The molecule has 1 unspecified atom stereocenters. The van der Waals surface area contributed by atoms with Crippen molar-refractivity contribution in [2.24, 2.45) is 0 Å². The van der Waals surface area contributed by atoms with Crippen LogP contribution in [-0.2, 0) is 9.59 Å². The number of carbonyl (C=O) groups is 2. The summed E-state index contributed by atoms with van der Waals surface area (Å²) in [6.45, 7) is 0.489. The molecular formula is C25H34Cl2N2O2. The Hall–Kier alpha value is -1.52. The van der Waals surface area contributed by atoms with Crippen LogP contribution in [0.15, 0.2) is 35.9 Å². The lowest BCUT2D eigenvalue weighted by molar-refractivity contribution is -0.139. The number of carbonyl (C=O) groups excluding carboxylic acids is 2. The molecule has 31 heavy (non-hydrogen) atoms. The van der Waals surface area contributed by atoms with Crippen molar-refractivity contribution in [3.8, 4) is 0 Å². The van der Waals surface area contributed by atoms with Crippen LogP contribution < -0.4 is 5.32 Å². The molecule has 1 saturated carbocycles. The fourth-order valence-corrected chi connectivity index (χ4v) is 4.97. The predicted octanol–water partition coefficient (Wildman–Crippen LogP) is 6.18. The van der Waals surface area contributed by atoms with E-state index in [4.69, 9.17) is 23.2 Å². The zero-order valence-corrected chi connectivity index (χ0v) is 19.8. The zero-order chi connectivity index (χ0) is 22.1. The summed E-state index contributed by atoms with van der Waals surface area (Å²) >= 11 is 12.1. The van der Waals surface area contributed by atoms with Gasteiger partial charge in [-0.3, -0.25) is 9.59 Å². The maximum atomic E-state index is 13.5. The van der Waals surface area contributed by atoms with E-state index in [0.29, 0.717) is 11.6 Å². The summed E-state index contributed by atoms with van der Waals surface area (Å²) in [6, 6.07) is 6.70. The molecule has 1 aromatic rings.